The van der Waals surface area contributed by atoms with Crippen molar-refractivity contribution in [3.63, 3.8) is 0 Å². The summed E-state index contributed by atoms with van der Waals surface area (Å²) in [6.07, 6.45) is 4.31. The molecule has 0 atom stereocenters. The third-order valence-electron chi connectivity index (χ3n) is 2.36. The molecule has 0 aliphatic rings. The highest BCUT2D eigenvalue weighted by Crippen LogP contribution is 2.18. The van der Waals surface area contributed by atoms with Gasteiger partial charge in [0, 0.05) is 26.7 Å². The summed E-state index contributed by atoms with van der Waals surface area (Å²) in [5.74, 6) is -1.05. The third-order valence-corrected chi connectivity index (χ3v) is 2.65. The van der Waals surface area contributed by atoms with Gasteiger partial charge in [0.1, 0.15) is 10.5 Å². The molecule has 0 rings (SSSR count). The fourth-order valence-electron chi connectivity index (χ4n) is 1.40. The lowest BCUT2D eigenvalue weighted by atomic mass is 10.1. The first-order valence-electron chi connectivity index (χ1n) is 5.53. The zero-order valence-electron chi connectivity index (χ0n) is 11.0. The number of hydrogen-bond donors (Lipinski definition) is 0. The summed E-state index contributed by atoms with van der Waals surface area (Å²) < 4.78 is 20.8. The fourth-order valence-corrected chi connectivity index (χ4v) is 1.84. The van der Waals surface area contributed by atoms with Crippen LogP contribution in [0.4, 0.5) is 0 Å². The first-order chi connectivity index (χ1) is 8.14. The maximum atomic E-state index is 11.0. The van der Waals surface area contributed by atoms with Gasteiger partial charge >= 0.3 is 5.97 Å². The molecular weight excluding hydrogens is 240 g/mol. The van der Waals surface area contributed by atoms with E-state index >= 15 is 0 Å². The normalized spacial score (nSPS) is 12.2. The van der Waals surface area contributed by atoms with Crippen LogP contribution in [0.3, 0.4) is 0 Å². The van der Waals surface area contributed by atoms with Crippen molar-refractivity contribution < 1.29 is 23.4 Å². The van der Waals surface area contributed by atoms with Gasteiger partial charge in [-0.1, -0.05) is 6.08 Å². The van der Waals surface area contributed by atoms with Gasteiger partial charge in [0.25, 0.3) is 0 Å². The van der Waals surface area contributed by atoms with E-state index in [-0.39, 0.29) is 5.97 Å². The molecule has 0 heterocycles. The van der Waals surface area contributed by atoms with Crippen LogP contribution in [-0.2, 0) is 23.4 Å². The van der Waals surface area contributed by atoms with Gasteiger partial charge in [-0.3, -0.25) is 0 Å². The molecule has 0 spiro atoms. The molecule has 0 amide bonds. The predicted octanol–water partition coefficient (Wildman–Crippen LogP) is 0.172. The van der Waals surface area contributed by atoms with Crippen molar-refractivity contribution in [1.29, 1.82) is 0 Å². The van der Waals surface area contributed by atoms with E-state index in [0.29, 0.717) is 36.5 Å². The standard InChI is InChI=1S/C11H22O5Si/c1-4-6-10(12)15-8-5-7-11(13-2,14-3)9-16-17/h4,6H,5,7-9H2,1-3,17H3. The SMILES string of the molecule is CC=CC(=O)OCCCC(CO[SiH3])(OC)OC. The minimum atomic E-state index is -0.727. The summed E-state index contributed by atoms with van der Waals surface area (Å²) in [6, 6.07) is 0. The first kappa shape index (κ1) is 16.3. The van der Waals surface area contributed by atoms with Crippen LogP contribution in [0.5, 0.6) is 0 Å². The van der Waals surface area contributed by atoms with Gasteiger partial charge in [0.2, 0.25) is 0 Å². The van der Waals surface area contributed by atoms with E-state index in [1.54, 1.807) is 27.2 Å². The van der Waals surface area contributed by atoms with Crippen molar-refractivity contribution >= 4 is 16.5 Å². The molecule has 0 unspecified atom stereocenters. The van der Waals surface area contributed by atoms with Crippen LogP contribution in [0.2, 0.25) is 0 Å². The number of carbonyl (C=O) groups excluding carboxylic acids is 1. The summed E-state index contributed by atoms with van der Waals surface area (Å²) in [7, 11) is 3.79. The van der Waals surface area contributed by atoms with Crippen LogP contribution in [0.1, 0.15) is 19.8 Å². The van der Waals surface area contributed by atoms with E-state index in [1.807, 2.05) is 0 Å². The molecule has 0 radical (unpaired) electrons. The zero-order valence-corrected chi connectivity index (χ0v) is 13.0. The lowest BCUT2D eigenvalue weighted by Gasteiger charge is -2.30. The molecule has 5 nitrogen and oxygen atoms in total. The van der Waals surface area contributed by atoms with Crippen molar-refractivity contribution in [3.05, 3.63) is 12.2 Å². The number of methoxy groups -OCH3 is 2. The Hall–Kier alpha value is -0.693. The van der Waals surface area contributed by atoms with E-state index in [9.17, 15) is 4.79 Å². The second kappa shape index (κ2) is 9.35. The summed E-state index contributed by atoms with van der Waals surface area (Å²) in [6.45, 7) is 2.51. The molecule has 0 aromatic heterocycles. The molecule has 0 aromatic rings. The van der Waals surface area contributed by atoms with Gasteiger partial charge in [-0.25, -0.2) is 4.79 Å². The molecule has 17 heavy (non-hydrogen) atoms. The van der Waals surface area contributed by atoms with Crippen molar-refractivity contribution in [3.8, 4) is 0 Å². The van der Waals surface area contributed by atoms with Gasteiger partial charge in [-0.15, -0.1) is 0 Å². The van der Waals surface area contributed by atoms with Gasteiger partial charge in [0.15, 0.2) is 5.79 Å². The highest BCUT2D eigenvalue weighted by Gasteiger charge is 2.28. The molecule has 6 heteroatoms. The van der Waals surface area contributed by atoms with Crippen LogP contribution in [0, 0.1) is 0 Å². The lowest BCUT2D eigenvalue weighted by Crippen LogP contribution is -2.39. The summed E-state index contributed by atoms with van der Waals surface area (Å²) in [5.41, 5.74) is 0. The van der Waals surface area contributed by atoms with E-state index in [4.69, 9.17) is 18.6 Å². The van der Waals surface area contributed by atoms with Crippen molar-refractivity contribution in [1.82, 2.24) is 0 Å². The summed E-state index contributed by atoms with van der Waals surface area (Å²) in [5, 5.41) is 0. The van der Waals surface area contributed by atoms with E-state index in [1.165, 1.54) is 6.08 Å². The van der Waals surface area contributed by atoms with Crippen molar-refractivity contribution in [2.75, 3.05) is 27.4 Å². The average molecular weight is 262 g/mol. The Morgan fingerprint density at radius 2 is 2.00 bits per heavy atom. The second-order valence-corrected chi connectivity index (χ2v) is 4.10. The molecule has 0 saturated heterocycles. The molecule has 0 bridgehead atoms. The van der Waals surface area contributed by atoms with Crippen LogP contribution in [-0.4, -0.2) is 49.7 Å². The van der Waals surface area contributed by atoms with Crippen LogP contribution in [0.25, 0.3) is 0 Å². The summed E-state index contributed by atoms with van der Waals surface area (Å²) >= 11 is 0. The van der Waals surface area contributed by atoms with Crippen molar-refractivity contribution in [2.45, 2.75) is 25.6 Å². The fraction of sp³-hybridized carbons (Fsp3) is 0.727. The quantitative estimate of drug-likeness (QED) is 0.195. The van der Waals surface area contributed by atoms with E-state index < -0.39 is 5.79 Å². The maximum absolute atomic E-state index is 11.0. The number of hydrogen-bond acceptors (Lipinski definition) is 5. The third kappa shape index (κ3) is 6.57. The number of ether oxygens (including phenoxy) is 3. The Morgan fingerprint density at radius 3 is 2.47 bits per heavy atom. The van der Waals surface area contributed by atoms with Gasteiger partial charge in [-0.2, -0.15) is 0 Å². The summed E-state index contributed by atoms with van der Waals surface area (Å²) in [4.78, 5) is 11.0. The average Bonchev–Trinajstić information content (AvgIpc) is 2.33. The van der Waals surface area contributed by atoms with Gasteiger partial charge in [-0.05, 0) is 13.3 Å². The Balaban J connectivity index is 3.94. The molecule has 0 N–H and O–H groups in total. The monoisotopic (exact) mass is 262 g/mol. The lowest BCUT2D eigenvalue weighted by molar-refractivity contribution is -0.227. The molecule has 100 valence electrons. The highest BCUT2D eigenvalue weighted by molar-refractivity contribution is 5.97. The number of esters is 1. The minimum absolute atomic E-state index is 0.327. The number of allylic oxidation sites excluding steroid dienone is 1. The molecule has 0 aliphatic carbocycles. The second-order valence-electron chi connectivity index (χ2n) is 3.52. The molecule has 0 fully saturated rings. The van der Waals surface area contributed by atoms with Crippen LogP contribution < -0.4 is 0 Å². The van der Waals surface area contributed by atoms with E-state index in [2.05, 4.69) is 0 Å². The highest BCUT2D eigenvalue weighted by atomic mass is 28.2. The maximum Gasteiger partial charge on any atom is 0.330 e. The predicted molar refractivity (Wildman–Crippen MR) is 67.6 cm³/mol. The first-order valence-corrected chi connectivity index (χ1v) is 6.34. The van der Waals surface area contributed by atoms with Gasteiger partial charge < -0.3 is 18.6 Å². The Kier molecular flexibility index (Phi) is 8.97. The molecule has 0 saturated carbocycles. The Bertz CT molecular complexity index is 238. The molecule has 0 aliphatic heterocycles. The van der Waals surface area contributed by atoms with Crippen molar-refractivity contribution in [2.24, 2.45) is 0 Å². The largest absolute Gasteiger partial charge is 0.463 e. The zero-order chi connectivity index (χ0) is 13.1. The van der Waals surface area contributed by atoms with Gasteiger partial charge in [0.05, 0.1) is 13.2 Å². The Labute approximate surface area is 106 Å². The molecular formula is C11H22O5Si. The minimum Gasteiger partial charge on any atom is -0.463 e. The van der Waals surface area contributed by atoms with Crippen LogP contribution >= 0.6 is 0 Å². The number of rotatable bonds is 9. The van der Waals surface area contributed by atoms with Crippen LogP contribution in [0.15, 0.2) is 12.2 Å². The molecule has 0 aromatic carbocycles. The smallest absolute Gasteiger partial charge is 0.330 e. The number of carbonyl (C=O) groups is 1. The topological polar surface area (TPSA) is 54.0 Å². The Morgan fingerprint density at radius 1 is 1.35 bits per heavy atom. The van der Waals surface area contributed by atoms with E-state index in [0.717, 1.165) is 0 Å².